The molecule has 57 heteroatoms. The minimum absolute atomic E-state index is 0. The zero-order valence-corrected chi connectivity index (χ0v) is 49.8. The molecule has 10 N–H and O–H groups in total. The Morgan fingerprint density at radius 2 is 0.845 bits per heavy atom. The predicted octanol–water partition coefficient (Wildman–Crippen LogP) is -7.82. The van der Waals surface area contributed by atoms with Gasteiger partial charge in [0.25, 0.3) is 0 Å². The van der Waals surface area contributed by atoms with Crippen molar-refractivity contribution in [1.82, 2.24) is 0 Å². The van der Waals surface area contributed by atoms with Crippen LogP contribution in [0.2, 0.25) is 0 Å². The molecule has 0 unspecified atom stereocenters. The van der Waals surface area contributed by atoms with Gasteiger partial charge in [-0.1, -0.05) is 0 Å². The standard InChI is InChI=1S/C27H30O46S10.Na/c1-8-18(68-78(41,42)43)22(70-80(47,48)49)24(72-82(53,54)55)26(60-8)59-7-15-20(69-79(44,45)46)23(71-81(50,51)52)25(73-83(56,57)58)27(62-15)63-21-17(28)16-13(5-10(64-74(29,30)31)6-14(16)67-77(38,39)40)61-19(21)9-2-3-11(65-75(32,33)34)12(4-9)66-76(35,36)37;/h2-6,8,15,18,20,22-27H,7H2,1H3,(H,29,30,31)(H,32,33,34)(H,35,36,37)(H,38,39,40)(H,41,42,43)(H,44,45,46)(H,47,48,49)(H,50,51,52)(H,53,54,55)(H,56,57,58);/q;+1/t8-,15+,18-,20+,22+,23-,24+,25+,26+,27-;/m0./s1. The third kappa shape index (κ3) is 22.5. The Balaban J connectivity index is 0.0000151. The summed E-state index contributed by atoms with van der Waals surface area (Å²) < 4.78 is 405. The Morgan fingerprint density at radius 1 is 0.440 bits per heavy atom. The van der Waals surface area contributed by atoms with Crippen LogP contribution in [0.1, 0.15) is 6.92 Å². The third-order valence-corrected chi connectivity index (χ3v) is 13.6. The van der Waals surface area contributed by atoms with Crippen molar-refractivity contribution in [3.8, 4) is 40.1 Å². The molecule has 2 aromatic carbocycles. The summed E-state index contributed by atoms with van der Waals surface area (Å²) in [6.07, 6.45) is -31.1. The summed E-state index contributed by atoms with van der Waals surface area (Å²) in [5.74, 6) is -9.61. The van der Waals surface area contributed by atoms with Crippen LogP contribution in [0.5, 0.6) is 28.7 Å². The molecule has 46 nitrogen and oxygen atoms in total. The molecule has 2 aliphatic rings. The fourth-order valence-corrected chi connectivity index (χ4v) is 11.4. The van der Waals surface area contributed by atoms with Gasteiger partial charge in [0, 0.05) is 17.7 Å². The van der Waals surface area contributed by atoms with Gasteiger partial charge in [0.15, 0.2) is 47.3 Å². The maximum absolute atomic E-state index is 14.8. The fraction of sp³-hybridized carbons (Fsp3) is 0.444. The number of fused-ring (bicyclic) bond motifs is 1. The van der Waals surface area contributed by atoms with Crippen LogP contribution in [0.4, 0.5) is 0 Å². The minimum atomic E-state index is -6.39. The Bertz CT molecular complexity index is 4240. The summed E-state index contributed by atoms with van der Waals surface area (Å²) in [5, 5.41) is -1.54. The van der Waals surface area contributed by atoms with Gasteiger partial charge in [0.2, 0.25) is 17.5 Å². The van der Waals surface area contributed by atoms with Gasteiger partial charge >= 0.3 is 134 Å². The summed E-state index contributed by atoms with van der Waals surface area (Å²) in [4.78, 5) is 14.8. The van der Waals surface area contributed by atoms with Crippen LogP contribution in [0.3, 0.4) is 0 Å². The fourth-order valence-electron chi connectivity index (χ4n) is 6.94. The van der Waals surface area contributed by atoms with E-state index in [9.17, 15) is 135 Å². The average Bonchev–Trinajstić information content (AvgIpc) is 3.24. The number of ether oxygens (including phenoxy) is 4. The van der Waals surface area contributed by atoms with E-state index in [0.29, 0.717) is 13.0 Å². The summed E-state index contributed by atoms with van der Waals surface area (Å²) in [7, 11) is -60.4. The van der Waals surface area contributed by atoms with Crippen molar-refractivity contribution in [1.29, 1.82) is 0 Å². The Morgan fingerprint density at radius 3 is 1.31 bits per heavy atom. The second kappa shape index (κ2) is 25.8. The van der Waals surface area contributed by atoms with E-state index >= 15 is 0 Å². The molecule has 10 atom stereocenters. The van der Waals surface area contributed by atoms with Crippen molar-refractivity contribution in [2.75, 3.05) is 6.61 Å². The first-order valence-electron chi connectivity index (χ1n) is 19.6. The quantitative estimate of drug-likeness (QED) is 0.0264. The van der Waals surface area contributed by atoms with Crippen molar-refractivity contribution in [2.24, 2.45) is 0 Å². The molecule has 84 heavy (non-hydrogen) atoms. The number of hydrogen-bond acceptors (Lipinski definition) is 36. The second-order valence-electron chi connectivity index (χ2n) is 15.2. The van der Waals surface area contributed by atoms with E-state index < -0.39 is 228 Å². The van der Waals surface area contributed by atoms with E-state index in [4.69, 9.17) is 23.4 Å². The van der Waals surface area contributed by atoms with E-state index in [2.05, 4.69) is 41.8 Å². The van der Waals surface area contributed by atoms with Gasteiger partial charge < -0.3 is 40.1 Å². The average molecular weight is 1430 g/mol. The van der Waals surface area contributed by atoms with Crippen LogP contribution >= 0.6 is 0 Å². The molecule has 2 aliphatic heterocycles. The molecule has 0 radical (unpaired) electrons. The number of rotatable bonds is 26. The number of hydrogen-bond donors (Lipinski definition) is 10. The van der Waals surface area contributed by atoms with Crippen molar-refractivity contribution in [3.05, 3.63) is 40.6 Å². The van der Waals surface area contributed by atoms with Gasteiger partial charge in [0.05, 0.1) is 12.7 Å². The molecular formula is C27H30NaO46S10+. The topological polar surface area (TPSA) is 703 Å². The van der Waals surface area contributed by atoms with E-state index in [1.165, 1.54) is 0 Å². The third-order valence-electron chi connectivity index (χ3n) is 9.26. The van der Waals surface area contributed by atoms with Crippen LogP contribution in [-0.4, -0.2) is 198 Å². The molecule has 3 heterocycles. The maximum atomic E-state index is 14.8. The normalized spacial score (nSPS) is 24.4. The maximum Gasteiger partial charge on any atom is 1.00 e. The molecule has 0 spiro atoms. The molecule has 2 saturated heterocycles. The van der Waals surface area contributed by atoms with E-state index in [-0.39, 0.29) is 53.8 Å². The zero-order valence-electron chi connectivity index (χ0n) is 39.6. The van der Waals surface area contributed by atoms with Crippen LogP contribution in [0.15, 0.2) is 39.5 Å². The minimum Gasteiger partial charge on any atom is -0.454 e. The molecule has 0 amide bonds. The number of benzene rings is 2. The Labute approximate surface area is 491 Å². The first-order chi connectivity index (χ1) is 37.1. The first-order valence-corrected chi connectivity index (χ1v) is 33.3. The van der Waals surface area contributed by atoms with Gasteiger partial charge in [-0.15, -0.1) is 0 Å². The Kier molecular flexibility index (Phi) is 22.4. The second-order valence-corrected chi connectivity index (χ2v) is 25.6. The van der Waals surface area contributed by atoms with E-state index in [1.54, 1.807) is 0 Å². The summed E-state index contributed by atoms with van der Waals surface area (Å²) in [6, 6.07) is 0.957. The van der Waals surface area contributed by atoms with Crippen LogP contribution in [0, 0.1) is 0 Å². The molecule has 5 rings (SSSR count). The molecule has 2 fully saturated rings. The first kappa shape index (κ1) is 72.9. The molecule has 0 saturated carbocycles. The summed E-state index contributed by atoms with van der Waals surface area (Å²) in [6.45, 7) is -1.33. The smallest absolute Gasteiger partial charge is 0.454 e. The predicted molar refractivity (Wildman–Crippen MR) is 245 cm³/mol. The van der Waals surface area contributed by atoms with Gasteiger partial charge in [-0.05, 0) is 25.1 Å². The van der Waals surface area contributed by atoms with Crippen molar-refractivity contribution in [3.63, 3.8) is 0 Å². The van der Waals surface area contributed by atoms with E-state index in [1.807, 2.05) is 0 Å². The molecular weight excluding hydrogens is 1400 g/mol. The van der Waals surface area contributed by atoms with Gasteiger partial charge in [-0.25, -0.2) is 25.1 Å². The molecule has 0 bridgehead atoms. The van der Waals surface area contributed by atoms with Crippen molar-refractivity contribution >= 4 is 115 Å². The van der Waals surface area contributed by atoms with Crippen LogP contribution in [0.25, 0.3) is 22.3 Å². The van der Waals surface area contributed by atoms with Gasteiger partial charge in [-0.2, -0.15) is 84.2 Å². The van der Waals surface area contributed by atoms with Crippen molar-refractivity contribution < 1.29 is 224 Å². The zero-order chi connectivity index (χ0) is 63.4. The SMILES string of the molecule is C[C@@H]1O[C@@H](OC[C@H]2O[C@@H](Oc3c(-c4ccc(OS(=O)(=O)O)c(OS(=O)(=O)O)c4)oc4cc(OS(=O)(=O)O)cc(OS(=O)(=O)O)c4c3=O)[C@H](OS(=O)(=O)O)[C@@H](OS(=O)(=O)O)[C@@H]2OS(=O)(=O)O)[C@H](OS(=O)(=O)O)[C@H](OS(=O)(=O)O)[C@H]1OS(=O)(=O)O.[Na+]. The molecule has 0 aliphatic carbocycles. The Hall–Kier alpha value is -3.61. The molecule has 474 valence electrons. The van der Waals surface area contributed by atoms with Crippen LogP contribution in [-0.2, 0) is 143 Å². The molecule has 1 aromatic heterocycles. The van der Waals surface area contributed by atoms with Gasteiger partial charge in [0.1, 0.15) is 41.5 Å². The largest absolute Gasteiger partial charge is 1.00 e. The summed E-state index contributed by atoms with van der Waals surface area (Å²) in [5.41, 5.74) is -4.68. The summed E-state index contributed by atoms with van der Waals surface area (Å²) >= 11 is 0. The van der Waals surface area contributed by atoms with E-state index in [0.717, 1.165) is 0 Å². The van der Waals surface area contributed by atoms with Crippen LogP contribution < -0.4 is 56.5 Å². The van der Waals surface area contributed by atoms with Gasteiger partial charge in [-0.3, -0.25) is 50.3 Å². The molecule has 3 aromatic rings. The van der Waals surface area contributed by atoms with Crippen molar-refractivity contribution in [2.45, 2.75) is 68.3 Å². The monoisotopic (exact) mass is 1430 g/mol.